The Morgan fingerprint density at radius 1 is 1.09 bits per heavy atom. The van der Waals surface area contributed by atoms with Crippen LogP contribution in [0.3, 0.4) is 0 Å². The van der Waals surface area contributed by atoms with E-state index in [9.17, 15) is 9.59 Å². The Kier molecular flexibility index (Phi) is 5.58. The normalized spacial score (nSPS) is 24.6. The second-order valence-electron chi connectivity index (χ2n) is 8.97. The Bertz CT molecular complexity index is 1270. The first-order chi connectivity index (χ1) is 17.1. The molecule has 1 aromatic heterocycles. The van der Waals surface area contributed by atoms with Crippen molar-refractivity contribution in [2.24, 2.45) is 5.73 Å². The monoisotopic (exact) mass is 487 g/mol. The molecule has 0 radical (unpaired) electrons. The lowest BCUT2D eigenvalue weighted by molar-refractivity contribution is -0.121. The molecule has 4 N–H and O–H groups in total. The van der Waals surface area contributed by atoms with Gasteiger partial charge in [-0.3, -0.25) is 9.69 Å². The molecule has 0 bridgehead atoms. The van der Waals surface area contributed by atoms with Gasteiger partial charge in [-0.05, 0) is 61.7 Å². The molecule has 3 aromatic rings. The highest BCUT2D eigenvalue weighted by atomic mass is 32.2. The predicted octanol–water partition coefficient (Wildman–Crippen LogP) is 4.25. The van der Waals surface area contributed by atoms with Gasteiger partial charge >= 0.3 is 6.03 Å². The number of pyridine rings is 1. The molecule has 35 heavy (non-hydrogen) atoms. The number of hydrogen-bond acceptors (Lipinski definition) is 6. The average molecular weight is 488 g/mol. The van der Waals surface area contributed by atoms with Crippen molar-refractivity contribution in [1.82, 2.24) is 15.6 Å². The van der Waals surface area contributed by atoms with Gasteiger partial charge in [0, 0.05) is 23.8 Å². The minimum absolute atomic E-state index is 0.0216. The van der Waals surface area contributed by atoms with Gasteiger partial charge in [0.1, 0.15) is 21.8 Å². The van der Waals surface area contributed by atoms with Crippen LogP contribution in [0.15, 0.2) is 71.9 Å². The van der Waals surface area contributed by atoms with E-state index in [1.165, 1.54) is 11.8 Å². The maximum Gasteiger partial charge on any atom is 0.327 e. The number of nitrogens with one attached hydrogen (secondary N) is 2. The number of thioether (sulfide) groups is 1. The van der Waals surface area contributed by atoms with Gasteiger partial charge in [0.15, 0.2) is 0 Å². The number of nitrogens with zero attached hydrogens (tertiary/aromatic N) is 2. The largest absolute Gasteiger partial charge is 0.457 e. The Morgan fingerprint density at radius 2 is 1.86 bits per heavy atom. The molecule has 1 aliphatic carbocycles. The summed E-state index contributed by atoms with van der Waals surface area (Å²) in [5.41, 5.74) is 8.46. The van der Waals surface area contributed by atoms with Crippen LogP contribution in [0.2, 0.25) is 0 Å². The number of nitrogens with two attached hydrogens (primary N) is 1. The van der Waals surface area contributed by atoms with Crippen molar-refractivity contribution >= 4 is 35.1 Å². The fourth-order valence-corrected chi connectivity index (χ4v) is 6.24. The van der Waals surface area contributed by atoms with Crippen molar-refractivity contribution in [3.8, 4) is 11.5 Å². The first-order valence-corrected chi connectivity index (χ1v) is 12.6. The van der Waals surface area contributed by atoms with E-state index in [0.29, 0.717) is 11.4 Å². The number of para-hydroxylation sites is 1. The molecule has 6 rings (SSSR count). The average Bonchev–Trinajstić information content (AvgIpc) is 3.44. The molecule has 8 nitrogen and oxygen atoms in total. The fraction of sp³-hybridized carbons (Fsp3) is 0.269. The number of carbonyl (C=O) groups is 2. The van der Waals surface area contributed by atoms with Gasteiger partial charge in [0.25, 0.3) is 0 Å². The van der Waals surface area contributed by atoms with E-state index in [0.717, 1.165) is 41.3 Å². The third-order valence-corrected chi connectivity index (χ3v) is 8.02. The number of benzene rings is 2. The summed E-state index contributed by atoms with van der Waals surface area (Å²) in [6, 6.07) is 17.9. The molecule has 2 unspecified atom stereocenters. The van der Waals surface area contributed by atoms with Crippen LogP contribution in [0.1, 0.15) is 30.9 Å². The number of urea groups is 1. The van der Waals surface area contributed by atoms with Gasteiger partial charge < -0.3 is 21.1 Å². The van der Waals surface area contributed by atoms with Crippen molar-refractivity contribution in [2.45, 2.75) is 47.7 Å². The molecule has 0 spiro atoms. The Hall–Kier alpha value is -3.56. The van der Waals surface area contributed by atoms with Crippen molar-refractivity contribution in [3.63, 3.8) is 0 Å². The second-order valence-corrected chi connectivity index (χ2v) is 10.1. The van der Waals surface area contributed by atoms with Crippen LogP contribution >= 0.6 is 11.8 Å². The highest BCUT2D eigenvalue weighted by Crippen LogP contribution is 2.50. The quantitative estimate of drug-likeness (QED) is 0.497. The van der Waals surface area contributed by atoms with Crippen molar-refractivity contribution in [1.29, 1.82) is 0 Å². The second kappa shape index (κ2) is 8.90. The zero-order chi connectivity index (χ0) is 23.9. The van der Waals surface area contributed by atoms with Gasteiger partial charge in [0.05, 0.1) is 17.4 Å². The van der Waals surface area contributed by atoms with Gasteiger partial charge in [0.2, 0.25) is 5.91 Å². The molecule has 3 heterocycles. The minimum atomic E-state index is -0.487. The molecule has 1 fully saturated rings. The SMILES string of the molecule is N[C@H]1CCC[C@H]1NC(=O)C1Sc2nccc3c2C1NC(=O)N3c1ccc(Oc2ccccc2)cc1. The number of rotatable bonds is 5. The lowest BCUT2D eigenvalue weighted by atomic mass is 9.99. The van der Waals surface area contributed by atoms with Crippen LogP contribution in [0.25, 0.3) is 0 Å². The number of amides is 3. The predicted molar refractivity (Wildman–Crippen MR) is 134 cm³/mol. The zero-order valence-electron chi connectivity index (χ0n) is 18.9. The molecule has 4 atom stereocenters. The van der Waals surface area contributed by atoms with Gasteiger partial charge in [-0.15, -0.1) is 0 Å². The van der Waals surface area contributed by atoms with E-state index in [-0.39, 0.29) is 24.0 Å². The summed E-state index contributed by atoms with van der Waals surface area (Å²) >= 11 is 1.39. The summed E-state index contributed by atoms with van der Waals surface area (Å²) in [6.45, 7) is 0. The Balaban J connectivity index is 1.25. The Morgan fingerprint density at radius 3 is 2.60 bits per heavy atom. The van der Waals surface area contributed by atoms with Crippen LogP contribution in [-0.4, -0.2) is 34.3 Å². The lowest BCUT2D eigenvalue weighted by Gasteiger charge is -2.34. The van der Waals surface area contributed by atoms with Crippen LogP contribution in [0, 0.1) is 0 Å². The molecular weight excluding hydrogens is 462 g/mol. The molecule has 178 valence electrons. The molecule has 0 saturated heterocycles. The summed E-state index contributed by atoms with van der Waals surface area (Å²) in [5.74, 6) is 1.31. The number of anilines is 2. The van der Waals surface area contributed by atoms with Crippen LogP contribution < -0.4 is 26.0 Å². The number of hydrogen-bond donors (Lipinski definition) is 3. The van der Waals surface area contributed by atoms with Crippen LogP contribution in [0.5, 0.6) is 11.5 Å². The van der Waals surface area contributed by atoms with Crippen molar-refractivity contribution in [2.75, 3.05) is 4.90 Å². The molecule has 1 saturated carbocycles. The van der Waals surface area contributed by atoms with E-state index in [1.54, 1.807) is 11.1 Å². The third-order valence-electron chi connectivity index (χ3n) is 6.74. The molecule has 3 amide bonds. The van der Waals surface area contributed by atoms with Gasteiger partial charge in [-0.2, -0.15) is 0 Å². The summed E-state index contributed by atoms with van der Waals surface area (Å²) in [6.07, 6.45) is 4.50. The van der Waals surface area contributed by atoms with Crippen molar-refractivity contribution in [3.05, 3.63) is 72.4 Å². The number of ether oxygens (including phenoxy) is 1. The van der Waals surface area contributed by atoms with Crippen molar-refractivity contribution < 1.29 is 14.3 Å². The van der Waals surface area contributed by atoms with E-state index >= 15 is 0 Å². The fourth-order valence-electron chi connectivity index (χ4n) is 5.00. The maximum atomic E-state index is 13.3. The first kappa shape index (κ1) is 21.9. The maximum absolute atomic E-state index is 13.3. The molecule has 9 heteroatoms. The number of carbonyl (C=O) groups excluding carboxylic acids is 2. The molecule has 2 aromatic carbocycles. The summed E-state index contributed by atoms with van der Waals surface area (Å²) in [5, 5.41) is 6.43. The first-order valence-electron chi connectivity index (χ1n) is 11.7. The highest BCUT2D eigenvalue weighted by molar-refractivity contribution is 8.01. The summed E-state index contributed by atoms with van der Waals surface area (Å²) in [7, 11) is 0. The smallest absolute Gasteiger partial charge is 0.327 e. The summed E-state index contributed by atoms with van der Waals surface area (Å²) in [4.78, 5) is 32.6. The third kappa shape index (κ3) is 4.00. The number of aromatic nitrogens is 1. The minimum Gasteiger partial charge on any atom is -0.457 e. The molecule has 3 aliphatic rings. The van der Waals surface area contributed by atoms with Gasteiger partial charge in [-0.1, -0.05) is 30.0 Å². The highest BCUT2D eigenvalue weighted by Gasteiger charge is 2.47. The Labute approximate surface area is 207 Å². The van der Waals surface area contributed by atoms with E-state index < -0.39 is 11.3 Å². The van der Waals surface area contributed by atoms with E-state index in [4.69, 9.17) is 10.5 Å². The molecule has 2 aliphatic heterocycles. The van der Waals surface area contributed by atoms with Gasteiger partial charge in [-0.25, -0.2) is 9.78 Å². The topological polar surface area (TPSA) is 110 Å². The zero-order valence-corrected chi connectivity index (χ0v) is 19.7. The lowest BCUT2D eigenvalue weighted by Crippen LogP contribution is -2.52. The van der Waals surface area contributed by atoms with E-state index in [2.05, 4.69) is 15.6 Å². The van der Waals surface area contributed by atoms with Crippen LogP contribution in [0.4, 0.5) is 16.2 Å². The molecular formula is C26H25N5O3S. The standard InChI is InChI=1S/C26H25N5O3S/c27-18-7-4-8-19(18)29-24(32)23-22-21-20(13-14-28-25(21)35-23)31(26(33)30-22)15-9-11-17(12-10-15)34-16-5-2-1-3-6-16/h1-3,5-6,9-14,18-19,22-23H,4,7-8,27H2,(H,29,32)(H,30,33)/t18-,19+,22?,23?/m0/s1. The van der Waals surface area contributed by atoms with Crippen LogP contribution in [-0.2, 0) is 4.79 Å². The van der Waals surface area contributed by atoms with E-state index in [1.807, 2.05) is 60.7 Å². The summed E-state index contributed by atoms with van der Waals surface area (Å²) < 4.78 is 5.88.